The van der Waals surface area contributed by atoms with Gasteiger partial charge in [-0.25, -0.2) is 19.1 Å². The van der Waals surface area contributed by atoms with Crippen LogP contribution in [-0.4, -0.2) is 21.7 Å². The van der Waals surface area contributed by atoms with E-state index in [0.29, 0.717) is 34.8 Å². The maximum Gasteiger partial charge on any atom is 0.417 e. The Hall–Kier alpha value is -4.20. The summed E-state index contributed by atoms with van der Waals surface area (Å²) >= 11 is 0. The number of carbonyl (C=O) groups is 1. The van der Waals surface area contributed by atoms with Gasteiger partial charge in [-0.3, -0.25) is 4.79 Å². The molecule has 4 aromatic rings. The first-order valence-electron chi connectivity index (χ1n) is 11.8. The van der Waals surface area contributed by atoms with Crippen LogP contribution in [0.15, 0.2) is 64.2 Å². The van der Waals surface area contributed by atoms with Gasteiger partial charge >= 0.3 is 11.7 Å². The van der Waals surface area contributed by atoms with Gasteiger partial charge in [0.2, 0.25) is 0 Å². The number of nitrogens with zero attached hydrogens (tertiary/aromatic N) is 2. The monoisotopic (exact) mass is 488 g/mol. The topological polar surface area (TPSA) is 93.7 Å². The Balaban J connectivity index is 1.87. The van der Waals surface area contributed by atoms with Crippen molar-refractivity contribution in [1.29, 1.82) is 0 Å². The van der Waals surface area contributed by atoms with E-state index in [2.05, 4.69) is 4.98 Å². The van der Waals surface area contributed by atoms with E-state index in [0.717, 1.165) is 10.1 Å². The number of H-pyrrole nitrogens is 1. The summed E-state index contributed by atoms with van der Waals surface area (Å²) in [4.78, 5) is 42.2. The smallest absolute Gasteiger partial charge is 0.417 e. The first-order valence-corrected chi connectivity index (χ1v) is 11.8. The molecule has 0 radical (unpaired) electrons. The number of rotatable bonds is 7. The van der Waals surface area contributed by atoms with E-state index in [-0.39, 0.29) is 23.5 Å². The van der Waals surface area contributed by atoms with Crippen LogP contribution in [0.3, 0.4) is 0 Å². The first-order chi connectivity index (χ1) is 17.2. The number of benzene rings is 2. The average molecular weight is 489 g/mol. The third kappa shape index (κ3) is 4.79. The second-order valence-electron chi connectivity index (χ2n) is 9.22. The quantitative estimate of drug-likeness (QED) is 0.372. The fraction of sp³-hybridized carbons (Fsp3) is 0.286. The lowest BCUT2D eigenvalue weighted by atomic mass is 9.95. The van der Waals surface area contributed by atoms with Gasteiger partial charge in [0.1, 0.15) is 29.0 Å². The van der Waals surface area contributed by atoms with Crippen LogP contribution in [-0.2, 0) is 25.4 Å². The highest BCUT2D eigenvalue weighted by molar-refractivity contribution is 6.05. The number of aromatic nitrogens is 3. The van der Waals surface area contributed by atoms with Crippen LogP contribution in [0.2, 0.25) is 0 Å². The molecule has 0 bridgehead atoms. The molecule has 36 heavy (non-hydrogen) atoms. The number of nitrogens with one attached hydrogen (secondary N) is 1. The molecule has 2 aromatic heterocycles. The standard InChI is InChI=1S/C28H29N3O5/c1-17(2)15-36-27(33)22-18(3)29-25-24(26(32)31(5)28(34)30(25)4)23(22)20-11-13-21(14-12-20)35-16-19-9-7-6-8-10-19/h6-14,17H,15-16H2,1-5H3/p+1. The van der Waals surface area contributed by atoms with Crippen molar-refractivity contribution >= 4 is 17.0 Å². The van der Waals surface area contributed by atoms with Gasteiger partial charge in [0, 0.05) is 12.6 Å². The van der Waals surface area contributed by atoms with Crippen molar-refractivity contribution in [1.82, 2.24) is 9.13 Å². The molecule has 0 amide bonds. The molecule has 0 saturated carbocycles. The Bertz CT molecular complexity index is 1530. The van der Waals surface area contributed by atoms with E-state index in [4.69, 9.17) is 9.47 Å². The molecule has 0 fully saturated rings. The Morgan fingerprint density at radius 2 is 1.64 bits per heavy atom. The Morgan fingerprint density at radius 1 is 0.972 bits per heavy atom. The first kappa shape index (κ1) is 24.9. The Labute approximate surface area is 208 Å². The zero-order valence-electron chi connectivity index (χ0n) is 21.1. The van der Waals surface area contributed by atoms with Crippen LogP contribution < -0.4 is 21.0 Å². The SMILES string of the molecule is Cc1[nH+]c2c(c(-c3ccc(OCc4ccccc4)cc3)c1C(=O)OCC(C)C)c(=O)n(C)c(=O)n2C. The minimum absolute atomic E-state index is 0.150. The highest BCUT2D eigenvalue weighted by Crippen LogP contribution is 2.31. The van der Waals surface area contributed by atoms with Crippen molar-refractivity contribution < 1.29 is 19.3 Å². The Morgan fingerprint density at radius 3 is 2.28 bits per heavy atom. The predicted octanol–water partition coefficient (Wildman–Crippen LogP) is 3.42. The van der Waals surface area contributed by atoms with Crippen molar-refractivity contribution in [3.8, 4) is 16.9 Å². The number of aromatic amines is 1. The van der Waals surface area contributed by atoms with Gasteiger partial charge in [-0.05, 0) is 36.1 Å². The fourth-order valence-corrected chi connectivity index (χ4v) is 4.09. The number of carbonyl (C=O) groups excluding carboxylic acids is 1. The summed E-state index contributed by atoms with van der Waals surface area (Å²) in [7, 11) is 3.01. The van der Waals surface area contributed by atoms with Crippen LogP contribution in [0.4, 0.5) is 0 Å². The van der Waals surface area contributed by atoms with Crippen LogP contribution >= 0.6 is 0 Å². The minimum Gasteiger partial charge on any atom is -0.489 e. The van der Waals surface area contributed by atoms with Gasteiger partial charge < -0.3 is 9.47 Å². The van der Waals surface area contributed by atoms with Gasteiger partial charge in [-0.15, -0.1) is 0 Å². The molecule has 2 aromatic carbocycles. The number of aryl methyl sites for hydroxylation is 2. The van der Waals surface area contributed by atoms with E-state index in [9.17, 15) is 14.4 Å². The third-order valence-corrected chi connectivity index (χ3v) is 5.99. The van der Waals surface area contributed by atoms with E-state index in [1.165, 1.54) is 11.6 Å². The van der Waals surface area contributed by atoms with E-state index in [1.54, 1.807) is 38.2 Å². The zero-order valence-corrected chi connectivity index (χ0v) is 21.1. The summed E-state index contributed by atoms with van der Waals surface area (Å²) in [6.45, 7) is 6.29. The van der Waals surface area contributed by atoms with Gasteiger partial charge in [0.05, 0.1) is 13.7 Å². The number of hydrogen-bond acceptors (Lipinski definition) is 5. The molecule has 8 nitrogen and oxygen atoms in total. The molecule has 2 heterocycles. The van der Waals surface area contributed by atoms with E-state index < -0.39 is 17.2 Å². The van der Waals surface area contributed by atoms with Crippen LogP contribution in [0.25, 0.3) is 22.2 Å². The minimum atomic E-state index is -0.533. The third-order valence-electron chi connectivity index (χ3n) is 5.99. The Kier molecular flexibility index (Phi) is 7.05. The van der Waals surface area contributed by atoms with Crippen molar-refractivity contribution in [2.24, 2.45) is 20.0 Å². The summed E-state index contributed by atoms with van der Waals surface area (Å²) < 4.78 is 13.9. The molecule has 0 aliphatic carbocycles. The zero-order chi connectivity index (χ0) is 26.0. The van der Waals surface area contributed by atoms with Crippen molar-refractivity contribution in [3.05, 3.63) is 92.3 Å². The summed E-state index contributed by atoms with van der Waals surface area (Å²) in [5, 5.41) is 0.236. The van der Waals surface area contributed by atoms with E-state index >= 15 is 0 Å². The number of hydrogen-bond donors (Lipinski definition) is 0. The largest absolute Gasteiger partial charge is 0.489 e. The second kappa shape index (κ2) is 10.2. The van der Waals surface area contributed by atoms with Gasteiger partial charge in [0.25, 0.3) is 11.2 Å². The van der Waals surface area contributed by atoms with E-state index in [1.807, 2.05) is 44.2 Å². The molecule has 0 aliphatic heterocycles. The van der Waals surface area contributed by atoms with Crippen LogP contribution in [0.5, 0.6) is 5.75 Å². The summed E-state index contributed by atoms with van der Waals surface area (Å²) in [6, 6.07) is 17.0. The lowest BCUT2D eigenvalue weighted by Crippen LogP contribution is -2.40. The lowest BCUT2D eigenvalue weighted by molar-refractivity contribution is -0.359. The fourth-order valence-electron chi connectivity index (χ4n) is 4.09. The number of ether oxygens (including phenoxy) is 2. The molecule has 0 atom stereocenters. The molecule has 1 N–H and O–H groups in total. The highest BCUT2D eigenvalue weighted by atomic mass is 16.5. The van der Waals surface area contributed by atoms with Crippen LogP contribution in [0, 0.1) is 12.8 Å². The average Bonchev–Trinajstić information content (AvgIpc) is 2.88. The lowest BCUT2D eigenvalue weighted by Gasteiger charge is -2.15. The number of pyridine rings is 1. The molecule has 0 unspecified atom stereocenters. The molecule has 0 spiro atoms. The van der Waals surface area contributed by atoms with Gasteiger partial charge in [-0.1, -0.05) is 56.3 Å². The normalized spacial score (nSPS) is 11.2. The van der Waals surface area contributed by atoms with Crippen LogP contribution in [0.1, 0.15) is 35.5 Å². The summed E-state index contributed by atoms with van der Waals surface area (Å²) in [5.74, 6) is 0.266. The number of fused-ring (bicyclic) bond motifs is 1. The van der Waals surface area contributed by atoms with Crippen molar-refractivity contribution in [2.75, 3.05) is 6.61 Å². The summed E-state index contributed by atoms with van der Waals surface area (Å²) in [5.41, 5.74) is 2.23. The molecular weight excluding hydrogens is 458 g/mol. The second-order valence-corrected chi connectivity index (χ2v) is 9.22. The maximum atomic E-state index is 13.3. The predicted molar refractivity (Wildman–Crippen MR) is 137 cm³/mol. The number of esters is 1. The van der Waals surface area contributed by atoms with Gasteiger partial charge in [0.15, 0.2) is 0 Å². The highest BCUT2D eigenvalue weighted by Gasteiger charge is 2.29. The molecule has 8 heteroatoms. The molecule has 0 saturated heterocycles. The molecule has 0 aliphatic rings. The molecular formula is C28H30N3O5+. The van der Waals surface area contributed by atoms with Crippen molar-refractivity contribution in [3.63, 3.8) is 0 Å². The maximum absolute atomic E-state index is 13.3. The molecule has 186 valence electrons. The molecule has 4 rings (SSSR count). The summed E-state index contributed by atoms with van der Waals surface area (Å²) in [6.07, 6.45) is 0. The van der Waals surface area contributed by atoms with Crippen molar-refractivity contribution in [2.45, 2.75) is 27.4 Å². The van der Waals surface area contributed by atoms with Gasteiger partial charge in [-0.2, -0.15) is 4.57 Å².